The summed E-state index contributed by atoms with van der Waals surface area (Å²) < 4.78 is 0. The van der Waals surface area contributed by atoms with E-state index in [1.165, 1.54) is 0 Å². The van der Waals surface area contributed by atoms with Crippen molar-refractivity contribution in [3.8, 4) is 0 Å². The molecule has 4 bridgehead atoms. The highest BCUT2D eigenvalue weighted by Crippen LogP contribution is 2.46. The van der Waals surface area contributed by atoms with E-state index in [1.807, 2.05) is 0 Å². The minimum absolute atomic E-state index is 0.00408. The summed E-state index contributed by atoms with van der Waals surface area (Å²) in [4.78, 5) is 27.2. The van der Waals surface area contributed by atoms with Crippen LogP contribution in [0.5, 0.6) is 0 Å². The highest BCUT2D eigenvalue weighted by molar-refractivity contribution is 5.89. The van der Waals surface area contributed by atoms with Crippen molar-refractivity contribution in [1.82, 2.24) is 10.2 Å². The second-order valence-electron chi connectivity index (χ2n) is 7.08. The molecule has 0 aromatic heterocycles. The molecule has 6 aliphatic rings. The van der Waals surface area contributed by atoms with Crippen LogP contribution in [0.25, 0.3) is 0 Å². The molecule has 5 saturated heterocycles. The monoisotopic (exact) mass is 322 g/mol. The number of nitrogens with one attached hydrogen (secondary N) is 1. The predicted molar refractivity (Wildman–Crippen MR) is 84.3 cm³/mol. The highest BCUT2D eigenvalue weighted by atomic mass is 16.3. The molecule has 6 heteroatoms. The van der Waals surface area contributed by atoms with E-state index >= 15 is 0 Å². The van der Waals surface area contributed by atoms with Crippen molar-refractivity contribution in [2.75, 3.05) is 6.54 Å². The number of amides is 2. The fraction of sp³-hybridized carbons (Fsp3) is 0.765. The van der Waals surface area contributed by atoms with E-state index in [4.69, 9.17) is 0 Å². The first kappa shape index (κ1) is 16.5. The van der Waals surface area contributed by atoms with Gasteiger partial charge in [0, 0.05) is 12.6 Å². The molecule has 2 amide bonds. The van der Waals surface area contributed by atoms with Gasteiger partial charge in [-0.1, -0.05) is 19.4 Å². The molecule has 1 aliphatic carbocycles. The zero-order chi connectivity index (χ0) is 16.8. The zero-order valence-electron chi connectivity index (χ0n) is 13.6. The average Bonchev–Trinajstić information content (AvgIpc) is 2.49. The van der Waals surface area contributed by atoms with Crippen LogP contribution in [0.15, 0.2) is 12.7 Å². The number of rotatable bonds is 5. The zero-order valence-corrected chi connectivity index (χ0v) is 13.6. The first-order chi connectivity index (χ1) is 11.0. The fourth-order valence-electron chi connectivity index (χ4n) is 4.65. The maximum atomic E-state index is 12.8. The third kappa shape index (κ3) is 2.31. The van der Waals surface area contributed by atoms with Crippen LogP contribution < -0.4 is 5.32 Å². The summed E-state index contributed by atoms with van der Waals surface area (Å²) in [5.41, 5.74) is -1.55. The molecule has 4 unspecified atom stereocenters. The van der Waals surface area contributed by atoms with Gasteiger partial charge >= 0.3 is 0 Å². The van der Waals surface area contributed by atoms with E-state index in [1.54, 1.807) is 11.0 Å². The van der Waals surface area contributed by atoms with Gasteiger partial charge in [-0.05, 0) is 25.7 Å². The summed E-state index contributed by atoms with van der Waals surface area (Å²) in [5, 5.41) is 24.6. The number of piperidine rings is 2. The first-order valence-electron chi connectivity index (χ1n) is 8.58. The van der Waals surface area contributed by atoms with Gasteiger partial charge in [-0.15, -0.1) is 6.58 Å². The lowest BCUT2D eigenvalue weighted by atomic mass is 9.62. The Morgan fingerprint density at radius 1 is 1.43 bits per heavy atom. The van der Waals surface area contributed by atoms with Crippen LogP contribution in [0.4, 0.5) is 0 Å². The Morgan fingerprint density at radius 2 is 2.17 bits per heavy atom. The quantitative estimate of drug-likeness (QED) is 0.630. The minimum Gasteiger partial charge on any atom is -0.388 e. The van der Waals surface area contributed by atoms with E-state index in [0.29, 0.717) is 19.4 Å². The van der Waals surface area contributed by atoms with E-state index in [-0.39, 0.29) is 24.3 Å². The molecule has 6 rings (SSSR count). The number of unbranched alkanes of at least 4 members (excludes halogenated alkanes) is 1. The van der Waals surface area contributed by atoms with Crippen LogP contribution in [-0.2, 0) is 9.59 Å². The minimum atomic E-state index is -1.55. The molecule has 5 heterocycles. The van der Waals surface area contributed by atoms with Gasteiger partial charge in [-0.25, -0.2) is 0 Å². The second kappa shape index (κ2) is 5.91. The Hall–Kier alpha value is -1.40. The van der Waals surface area contributed by atoms with Gasteiger partial charge < -0.3 is 20.4 Å². The van der Waals surface area contributed by atoms with Crippen molar-refractivity contribution in [1.29, 1.82) is 0 Å². The summed E-state index contributed by atoms with van der Waals surface area (Å²) in [6, 6.07) is -1.08. The van der Waals surface area contributed by atoms with Crippen molar-refractivity contribution < 1.29 is 19.8 Å². The fourth-order valence-corrected chi connectivity index (χ4v) is 4.65. The summed E-state index contributed by atoms with van der Waals surface area (Å²) in [6.45, 7) is 6.32. The molecular weight excluding hydrogens is 296 g/mol. The van der Waals surface area contributed by atoms with Crippen molar-refractivity contribution in [2.45, 2.75) is 62.8 Å². The number of hydrogen-bond donors (Lipinski definition) is 3. The SMILES string of the molecule is C=CCC1(O)C(O)C2NC(=O)[C@H]1[C@H]1CCC2C(=O)N1CCCC. The van der Waals surface area contributed by atoms with Crippen molar-refractivity contribution in [2.24, 2.45) is 11.8 Å². The molecule has 1 saturated carbocycles. The Labute approximate surface area is 136 Å². The smallest absolute Gasteiger partial charge is 0.228 e. The molecule has 6 nitrogen and oxygen atoms in total. The molecule has 6 atom stereocenters. The van der Waals surface area contributed by atoms with E-state index < -0.39 is 29.6 Å². The van der Waals surface area contributed by atoms with Crippen LogP contribution in [0.1, 0.15) is 39.0 Å². The van der Waals surface area contributed by atoms with E-state index in [0.717, 1.165) is 12.8 Å². The maximum absolute atomic E-state index is 12.8. The van der Waals surface area contributed by atoms with Crippen LogP contribution in [0.2, 0.25) is 0 Å². The molecule has 128 valence electrons. The molecule has 6 fully saturated rings. The summed E-state index contributed by atoms with van der Waals surface area (Å²) >= 11 is 0. The molecule has 0 radical (unpaired) electrons. The van der Waals surface area contributed by atoms with Gasteiger partial charge in [-0.3, -0.25) is 9.59 Å². The topological polar surface area (TPSA) is 89.9 Å². The standard InChI is InChI=1S/C17H26N2O4/c1-3-5-9-19-11-7-6-10(16(19)22)13-14(20)17(23,8-4-2)12(11)15(21)18-13/h4,10-14,20,23H,2-3,5-9H2,1H3,(H,18,21)/t10?,11-,12-,13?,14?,17?/m1/s1. The predicted octanol–water partition coefficient (Wildman–Crippen LogP) is 0.190. The Bertz CT molecular complexity index is 523. The summed E-state index contributed by atoms with van der Waals surface area (Å²) in [7, 11) is 0. The average molecular weight is 322 g/mol. The molecule has 0 spiro atoms. The lowest BCUT2D eigenvalue weighted by molar-refractivity contribution is -0.203. The third-order valence-corrected chi connectivity index (χ3v) is 5.80. The summed E-state index contributed by atoms with van der Waals surface area (Å²) in [6.07, 6.45) is 3.71. The summed E-state index contributed by atoms with van der Waals surface area (Å²) in [5.74, 6) is -1.52. The van der Waals surface area contributed by atoms with E-state index in [9.17, 15) is 19.8 Å². The molecule has 0 aromatic rings. The molecule has 5 aliphatic heterocycles. The number of hydrogen-bond acceptors (Lipinski definition) is 4. The molecular formula is C17H26N2O4. The van der Waals surface area contributed by atoms with Gasteiger partial charge in [0.2, 0.25) is 11.8 Å². The first-order valence-corrected chi connectivity index (χ1v) is 8.58. The lowest BCUT2D eigenvalue weighted by Gasteiger charge is -2.58. The Balaban J connectivity index is 2.05. The van der Waals surface area contributed by atoms with Crippen LogP contribution >= 0.6 is 0 Å². The number of carbonyl (C=O) groups is 2. The molecule has 3 N–H and O–H groups in total. The van der Waals surface area contributed by atoms with Crippen LogP contribution in [0.3, 0.4) is 0 Å². The van der Waals surface area contributed by atoms with Crippen molar-refractivity contribution in [3.63, 3.8) is 0 Å². The number of nitrogens with zero attached hydrogens (tertiary/aromatic N) is 1. The van der Waals surface area contributed by atoms with Crippen LogP contribution in [-0.4, -0.2) is 57.3 Å². The Kier molecular flexibility index (Phi) is 4.23. The van der Waals surface area contributed by atoms with Gasteiger partial charge in [0.25, 0.3) is 0 Å². The normalized spacial score (nSPS) is 42.4. The number of carbonyl (C=O) groups excluding carboxylic acids is 2. The molecule has 23 heavy (non-hydrogen) atoms. The van der Waals surface area contributed by atoms with Gasteiger partial charge in [0.15, 0.2) is 0 Å². The van der Waals surface area contributed by atoms with Gasteiger partial charge in [-0.2, -0.15) is 0 Å². The number of aliphatic hydroxyl groups is 2. The van der Waals surface area contributed by atoms with Crippen molar-refractivity contribution in [3.05, 3.63) is 12.7 Å². The van der Waals surface area contributed by atoms with Gasteiger partial charge in [0.05, 0.1) is 17.9 Å². The van der Waals surface area contributed by atoms with Crippen LogP contribution in [0, 0.1) is 11.8 Å². The second-order valence-corrected chi connectivity index (χ2v) is 7.08. The maximum Gasteiger partial charge on any atom is 0.228 e. The lowest BCUT2D eigenvalue weighted by Crippen LogP contribution is -2.77. The van der Waals surface area contributed by atoms with Gasteiger partial charge in [0.1, 0.15) is 11.7 Å². The third-order valence-electron chi connectivity index (χ3n) is 5.80. The molecule has 0 aromatic carbocycles. The largest absolute Gasteiger partial charge is 0.388 e. The van der Waals surface area contributed by atoms with E-state index in [2.05, 4.69) is 18.8 Å². The Morgan fingerprint density at radius 3 is 2.83 bits per heavy atom. The number of aliphatic hydroxyl groups excluding tert-OH is 1. The van der Waals surface area contributed by atoms with Crippen molar-refractivity contribution >= 4 is 11.8 Å². The highest BCUT2D eigenvalue weighted by Gasteiger charge is 2.63.